The molecule has 1 saturated heterocycles. The van der Waals surface area contributed by atoms with Gasteiger partial charge in [0.05, 0.1) is 11.8 Å². The Morgan fingerprint density at radius 2 is 1.45 bits per heavy atom. The van der Waals surface area contributed by atoms with E-state index >= 15 is 0 Å². The highest BCUT2D eigenvalue weighted by atomic mass is 35.5. The van der Waals surface area contributed by atoms with Crippen molar-refractivity contribution >= 4 is 29.1 Å². The van der Waals surface area contributed by atoms with Crippen LogP contribution in [0.2, 0.25) is 5.02 Å². The zero-order valence-corrected chi connectivity index (χ0v) is 11.3. The summed E-state index contributed by atoms with van der Waals surface area (Å²) in [5.74, 6) is -3.86. The van der Waals surface area contributed by atoms with Gasteiger partial charge < -0.3 is 0 Å². The van der Waals surface area contributed by atoms with Crippen molar-refractivity contribution in [1.29, 1.82) is 0 Å². The Kier molecular flexibility index (Phi) is 3.24. The zero-order valence-electron chi connectivity index (χ0n) is 10.5. The molecule has 0 bridgehead atoms. The van der Waals surface area contributed by atoms with Crippen LogP contribution >= 0.6 is 11.6 Å². The molecule has 2 amide bonds. The molecule has 1 heterocycles. The lowest BCUT2D eigenvalue weighted by molar-refractivity contribution is -0.122. The fourth-order valence-corrected chi connectivity index (χ4v) is 3.32. The van der Waals surface area contributed by atoms with E-state index in [1.54, 1.807) is 0 Å². The molecular formula is C14H12ClF2NO2. The fraction of sp³-hybridized carbons (Fsp3) is 0.429. The van der Waals surface area contributed by atoms with Gasteiger partial charge in [-0.05, 0) is 25.0 Å². The topological polar surface area (TPSA) is 37.4 Å². The minimum absolute atomic E-state index is 0.111. The van der Waals surface area contributed by atoms with Gasteiger partial charge in [0.25, 0.3) is 0 Å². The third-order valence-corrected chi connectivity index (χ3v) is 4.26. The second-order valence-corrected chi connectivity index (χ2v) is 5.66. The van der Waals surface area contributed by atoms with Crippen molar-refractivity contribution < 1.29 is 18.4 Å². The molecule has 0 aromatic heterocycles. The molecule has 6 heteroatoms. The molecule has 1 aromatic rings. The van der Waals surface area contributed by atoms with Gasteiger partial charge in [0.1, 0.15) is 5.69 Å². The Hall–Kier alpha value is -1.49. The highest BCUT2D eigenvalue weighted by Gasteiger charge is 2.50. The van der Waals surface area contributed by atoms with E-state index in [-0.39, 0.29) is 5.02 Å². The Morgan fingerprint density at radius 1 is 1.00 bits per heavy atom. The van der Waals surface area contributed by atoms with Gasteiger partial charge in [-0.2, -0.15) is 0 Å². The van der Waals surface area contributed by atoms with Crippen LogP contribution in [0.5, 0.6) is 0 Å². The number of hydrogen-bond acceptors (Lipinski definition) is 2. The van der Waals surface area contributed by atoms with Crippen molar-refractivity contribution in [3.63, 3.8) is 0 Å². The van der Waals surface area contributed by atoms with Gasteiger partial charge in [-0.25, -0.2) is 13.7 Å². The fourth-order valence-electron chi connectivity index (χ4n) is 3.13. The lowest BCUT2D eigenvalue weighted by Crippen LogP contribution is -2.32. The molecule has 106 valence electrons. The van der Waals surface area contributed by atoms with Crippen molar-refractivity contribution in [2.24, 2.45) is 11.8 Å². The van der Waals surface area contributed by atoms with E-state index in [2.05, 4.69) is 0 Å². The smallest absolute Gasteiger partial charge is 0.237 e. The molecule has 3 nitrogen and oxygen atoms in total. The standard InChI is InChI=1S/C14H12ClF2NO2/c15-7-5-10(16)12(11(17)6-7)18-13(19)8-3-1-2-4-9(8)14(18)20/h5-6,8-9H,1-4H2. The SMILES string of the molecule is O=C1C2CCCCC2C(=O)N1c1c(F)cc(Cl)cc1F. The minimum atomic E-state index is -0.990. The predicted octanol–water partition coefficient (Wildman–Crippen LogP) is 3.30. The number of halogens is 3. The summed E-state index contributed by atoms with van der Waals surface area (Å²) in [4.78, 5) is 25.2. The molecule has 2 atom stereocenters. The molecule has 3 rings (SSSR count). The van der Waals surface area contributed by atoms with Crippen LogP contribution in [0.25, 0.3) is 0 Å². The monoisotopic (exact) mass is 299 g/mol. The average Bonchev–Trinajstić information content (AvgIpc) is 2.64. The summed E-state index contributed by atoms with van der Waals surface area (Å²) in [6.07, 6.45) is 2.92. The number of carbonyl (C=O) groups is 2. The van der Waals surface area contributed by atoms with Gasteiger partial charge in [-0.15, -0.1) is 0 Å². The molecule has 1 aromatic carbocycles. The summed E-state index contributed by atoms with van der Waals surface area (Å²) >= 11 is 5.56. The van der Waals surface area contributed by atoms with Crippen molar-refractivity contribution in [1.82, 2.24) is 0 Å². The van der Waals surface area contributed by atoms with Gasteiger partial charge in [-0.1, -0.05) is 24.4 Å². The first-order valence-electron chi connectivity index (χ1n) is 6.53. The van der Waals surface area contributed by atoms with Crippen LogP contribution in [0, 0.1) is 23.5 Å². The Morgan fingerprint density at radius 3 is 1.90 bits per heavy atom. The number of rotatable bonds is 1. The zero-order chi connectivity index (χ0) is 14.4. The Balaban J connectivity index is 2.06. The summed E-state index contributed by atoms with van der Waals surface area (Å²) in [6, 6.07) is 1.81. The van der Waals surface area contributed by atoms with E-state index in [0.717, 1.165) is 25.0 Å². The van der Waals surface area contributed by atoms with Crippen LogP contribution in [-0.2, 0) is 9.59 Å². The third-order valence-electron chi connectivity index (χ3n) is 4.05. The van der Waals surface area contributed by atoms with Crippen LogP contribution in [-0.4, -0.2) is 11.8 Å². The van der Waals surface area contributed by atoms with Crippen molar-refractivity contribution in [2.75, 3.05) is 4.90 Å². The molecule has 2 unspecified atom stereocenters. The number of carbonyl (C=O) groups excluding carboxylic acids is 2. The lowest BCUT2D eigenvalue weighted by atomic mass is 9.81. The van der Waals surface area contributed by atoms with Gasteiger partial charge in [0.2, 0.25) is 11.8 Å². The Bertz CT molecular complexity index is 558. The van der Waals surface area contributed by atoms with Gasteiger partial charge in [0, 0.05) is 5.02 Å². The highest BCUT2D eigenvalue weighted by Crippen LogP contribution is 2.41. The van der Waals surface area contributed by atoms with E-state index in [0.29, 0.717) is 17.7 Å². The van der Waals surface area contributed by atoms with E-state index < -0.39 is 41.0 Å². The maximum Gasteiger partial charge on any atom is 0.237 e. The second kappa shape index (κ2) is 4.81. The van der Waals surface area contributed by atoms with Crippen LogP contribution in [0.1, 0.15) is 25.7 Å². The summed E-state index contributed by atoms with van der Waals surface area (Å²) < 4.78 is 27.8. The molecular weight excluding hydrogens is 288 g/mol. The maximum atomic E-state index is 13.9. The molecule has 2 fully saturated rings. The van der Waals surface area contributed by atoms with Crippen LogP contribution in [0.3, 0.4) is 0 Å². The van der Waals surface area contributed by atoms with Crippen LogP contribution in [0.4, 0.5) is 14.5 Å². The van der Waals surface area contributed by atoms with E-state index in [4.69, 9.17) is 11.6 Å². The number of amides is 2. The molecule has 0 N–H and O–H groups in total. The number of hydrogen-bond donors (Lipinski definition) is 0. The summed E-state index contributed by atoms with van der Waals surface area (Å²) in [6.45, 7) is 0. The number of nitrogens with zero attached hydrogens (tertiary/aromatic N) is 1. The maximum absolute atomic E-state index is 13.9. The number of benzene rings is 1. The van der Waals surface area contributed by atoms with Crippen molar-refractivity contribution in [2.45, 2.75) is 25.7 Å². The summed E-state index contributed by atoms with van der Waals surface area (Å²) in [5, 5.41) is -0.111. The lowest BCUT2D eigenvalue weighted by Gasteiger charge is -2.19. The van der Waals surface area contributed by atoms with E-state index in [1.807, 2.05) is 0 Å². The minimum Gasteiger partial charge on any atom is -0.274 e. The molecule has 2 aliphatic rings. The van der Waals surface area contributed by atoms with Crippen LogP contribution in [0.15, 0.2) is 12.1 Å². The summed E-state index contributed by atoms with van der Waals surface area (Å²) in [5.41, 5.74) is -0.598. The van der Waals surface area contributed by atoms with Crippen molar-refractivity contribution in [3.8, 4) is 0 Å². The quantitative estimate of drug-likeness (QED) is 0.746. The molecule has 0 radical (unpaired) electrons. The first-order valence-corrected chi connectivity index (χ1v) is 6.91. The van der Waals surface area contributed by atoms with Crippen LogP contribution < -0.4 is 4.90 Å². The second-order valence-electron chi connectivity index (χ2n) is 5.23. The average molecular weight is 300 g/mol. The molecule has 1 saturated carbocycles. The van der Waals surface area contributed by atoms with Crippen molar-refractivity contribution in [3.05, 3.63) is 28.8 Å². The third kappa shape index (κ3) is 1.92. The number of fused-ring (bicyclic) bond motifs is 1. The number of anilines is 1. The Labute approximate surface area is 119 Å². The first kappa shape index (κ1) is 13.5. The summed E-state index contributed by atoms with van der Waals surface area (Å²) in [7, 11) is 0. The van der Waals surface area contributed by atoms with Gasteiger partial charge in [0.15, 0.2) is 11.6 Å². The highest BCUT2D eigenvalue weighted by molar-refractivity contribution is 6.31. The largest absolute Gasteiger partial charge is 0.274 e. The predicted molar refractivity (Wildman–Crippen MR) is 69.3 cm³/mol. The molecule has 1 aliphatic heterocycles. The first-order chi connectivity index (χ1) is 9.50. The molecule has 0 spiro atoms. The van der Waals surface area contributed by atoms with E-state index in [1.165, 1.54) is 0 Å². The normalized spacial score (nSPS) is 26.1. The van der Waals surface area contributed by atoms with Gasteiger partial charge in [-0.3, -0.25) is 9.59 Å². The molecule has 20 heavy (non-hydrogen) atoms. The van der Waals surface area contributed by atoms with Gasteiger partial charge >= 0.3 is 0 Å². The number of imide groups is 1. The van der Waals surface area contributed by atoms with E-state index in [9.17, 15) is 18.4 Å². The molecule has 1 aliphatic carbocycles.